The summed E-state index contributed by atoms with van der Waals surface area (Å²) in [5, 5.41) is 2.13. The van der Waals surface area contributed by atoms with Gasteiger partial charge in [-0.05, 0) is 146 Å². The van der Waals surface area contributed by atoms with Gasteiger partial charge < -0.3 is 4.74 Å². The van der Waals surface area contributed by atoms with Crippen molar-refractivity contribution in [1.29, 1.82) is 0 Å². The molecule has 67 heavy (non-hydrogen) atoms. The van der Waals surface area contributed by atoms with E-state index < -0.39 is 6.85 Å². The second kappa shape index (κ2) is 16.6. The predicted octanol–water partition coefficient (Wildman–Crippen LogP) is 16.0. The van der Waals surface area contributed by atoms with Crippen molar-refractivity contribution in [1.82, 2.24) is 14.1 Å². The molecule has 0 saturated heterocycles. The van der Waals surface area contributed by atoms with E-state index in [9.17, 15) is 0 Å². The van der Waals surface area contributed by atoms with E-state index in [2.05, 4.69) is 212 Å². The first-order chi connectivity index (χ1) is 32.7. The van der Waals surface area contributed by atoms with Gasteiger partial charge in [-0.25, -0.2) is 4.98 Å². The Balaban J connectivity index is 1.17. The lowest BCUT2D eigenvalue weighted by atomic mass is 9.80. The zero-order chi connectivity index (χ0) is 50.3. The highest BCUT2D eigenvalue weighted by molar-refractivity contribution is 6.09. The second-order valence-corrected chi connectivity index (χ2v) is 22.4. The van der Waals surface area contributed by atoms with Gasteiger partial charge in [-0.1, -0.05) is 150 Å². The first kappa shape index (κ1) is 41.7. The third kappa shape index (κ3) is 8.97. The molecule has 0 spiro atoms. The standard InChI is InChI=1S/C62H66N4O/c1-40-28-44(59(3,4)5)29-41(2)58(40)43-26-27-63-57(30-43)66-54-23-19-18-22-52(54)53-25-24-50(37-55(53)66)67-51-35-47(62(12,13)14)32-48(36-51)64-38-56(42-20-16-15-17-21-42)65(39-64)49-33-45(60(6,7)8)31-46(34-49)61(9,10)11/h15-38H,1-14H3/i1D3. The van der Waals surface area contributed by atoms with Gasteiger partial charge in [0.1, 0.15) is 17.3 Å². The predicted molar refractivity (Wildman–Crippen MR) is 280 cm³/mol. The van der Waals surface area contributed by atoms with Crippen LogP contribution in [0, 0.1) is 20.1 Å². The van der Waals surface area contributed by atoms with Crippen LogP contribution in [0.4, 0.5) is 0 Å². The van der Waals surface area contributed by atoms with Crippen molar-refractivity contribution >= 4 is 21.8 Å². The largest absolute Gasteiger partial charge is 0.458 e. The van der Waals surface area contributed by atoms with Crippen molar-refractivity contribution in [3.05, 3.63) is 186 Å². The smallest absolute Gasteiger partial charge is 0.269 e. The molecule has 0 aliphatic carbocycles. The van der Waals surface area contributed by atoms with E-state index in [4.69, 9.17) is 13.8 Å². The number of aryl methyl sites for hydroxylation is 2. The highest BCUT2D eigenvalue weighted by atomic mass is 16.5. The van der Waals surface area contributed by atoms with Gasteiger partial charge in [0, 0.05) is 33.3 Å². The molecule has 9 rings (SSSR count). The van der Waals surface area contributed by atoms with E-state index in [1.54, 1.807) is 6.20 Å². The lowest BCUT2D eigenvalue weighted by Crippen LogP contribution is -2.33. The highest BCUT2D eigenvalue weighted by Gasteiger charge is 2.25. The van der Waals surface area contributed by atoms with Crippen molar-refractivity contribution in [3.63, 3.8) is 0 Å². The Morgan fingerprint density at radius 2 is 1.16 bits per heavy atom. The van der Waals surface area contributed by atoms with Gasteiger partial charge in [0.05, 0.1) is 28.1 Å². The first-order valence-corrected chi connectivity index (χ1v) is 23.5. The Morgan fingerprint density at radius 1 is 0.552 bits per heavy atom. The molecule has 5 nitrogen and oxygen atoms in total. The molecule has 0 radical (unpaired) electrons. The third-order valence-electron chi connectivity index (χ3n) is 13.1. The van der Waals surface area contributed by atoms with Gasteiger partial charge in [0.15, 0.2) is 0 Å². The summed E-state index contributed by atoms with van der Waals surface area (Å²) in [6, 6.07) is 46.5. The number of hydrogen-bond donors (Lipinski definition) is 0. The SMILES string of the molecule is [2H]C([2H])([2H])c1cc(C(C)(C)C)cc(C)c1-c1ccnc(-n2c3ccccc3c3ccc(Oc4cc(-n5[c-][n+](-c6cc(C(C)(C)C)cc(C(C)(C)C)c6)c(-c6ccccc6)c5)cc(C(C)(C)C)c4)cc32)c1. The molecule has 0 N–H and O–H groups in total. The van der Waals surface area contributed by atoms with Gasteiger partial charge >= 0.3 is 0 Å². The molecule has 0 bridgehead atoms. The molecular weight excluding hydrogens is 817 g/mol. The number of pyridine rings is 1. The minimum Gasteiger partial charge on any atom is -0.458 e. The van der Waals surface area contributed by atoms with Crippen molar-refractivity contribution in [2.45, 2.75) is 119 Å². The average Bonchev–Trinajstić information content (AvgIpc) is 3.88. The molecule has 0 fully saturated rings. The fourth-order valence-corrected chi connectivity index (χ4v) is 9.03. The summed E-state index contributed by atoms with van der Waals surface area (Å²) in [5.74, 6) is 2.06. The van der Waals surface area contributed by atoms with Crippen LogP contribution in [0.25, 0.3) is 61.4 Å². The molecule has 0 atom stereocenters. The molecule has 3 aromatic heterocycles. The van der Waals surface area contributed by atoms with E-state index >= 15 is 0 Å². The van der Waals surface area contributed by atoms with Gasteiger partial charge in [-0.3, -0.25) is 13.7 Å². The number of fused-ring (bicyclic) bond motifs is 3. The summed E-state index contributed by atoms with van der Waals surface area (Å²) >= 11 is 0. The fourth-order valence-electron chi connectivity index (χ4n) is 9.03. The molecule has 0 aliphatic rings. The van der Waals surface area contributed by atoms with E-state index in [0.717, 1.165) is 66.7 Å². The van der Waals surface area contributed by atoms with Crippen LogP contribution in [0.1, 0.15) is 121 Å². The topological polar surface area (TPSA) is 35.9 Å². The number of benzene rings is 6. The number of ether oxygens (including phenoxy) is 1. The van der Waals surface area contributed by atoms with Crippen LogP contribution in [0.5, 0.6) is 11.5 Å². The summed E-state index contributed by atoms with van der Waals surface area (Å²) in [5.41, 5.74) is 12.9. The molecule has 5 heteroatoms. The maximum atomic E-state index is 8.62. The van der Waals surface area contributed by atoms with Crippen molar-refractivity contribution < 1.29 is 13.4 Å². The number of nitrogens with zero attached hydrogens (tertiary/aromatic N) is 4. The minimum atomic E-state index is -2.31. The van der Waals surface area contributed by atoms with Crippen LogP contribution in [-0.2, 0) is 21.7 Å². The lowest BCUT2D eigenvalue weighted by Gasteiger charge is -2.26. The fraction of sp³-hybridized carbons (Fsp3) is 0.290. The summed E-state index contributed by atoms with van der Waals surface area (Å²) in [6.45, 7) is 26.4. The van der Waals surface area contributed by atoms with E-state index in [1.165, 1.54) is 11.1 Å². The Kier molecular flexibility index (Phi) is 10.3. The molecule has 9 aromatic rings. The van der Waals surface area contributed by atoms with Crippen molar-refractivity contribution in [2.24, 2.45) is 0 Å². The number of imidazole rings is 1. The van der Waals surface area contributed by atoms with Crippen LogP contribution in [0.3, 0.4) is 0 Å². The number of hydrogen-bond acceptors (Lipinski definition) is 2. The van der Waals surface area contributed by atoms with Crippen molar-refractivity contribution in [3.8, 4) is 51.1 Å². The molecule has 340 valence electrons. The van der Waals surface area contributed by atoms with Crippen LogP contribution >= 0.6 is 0 Å². The maximum Gasteiger partial charge on any atom is 0.269 e. The van der Waals surface area contributed by atoms with Crippen LogP contribution in [0.15, 0.2) is 146 Å². The Morgan fingerprint density at radius 3 is 1.84 bits per heavy atom. The number of para-hydroxylation sites is 1. The third-order valence-corrected chi connectivity index (χ3v) is 13.1. The first-order valence-electron chi connectivity index (χ1n) is 25.0. The summed E-state index contributed by atoms with van der Waals surface area (Å²) in [6.07, 6.45) is 7.74. The molecule has 0 unspecified atom stereocenters. The minimum absolute atomic E-state index is 0.0549. The van der Waals surface area contributed by atoms with Crippen LogP contribution in [0.2, 0.25) is 0 Å². The van der Waals surface area contributed by atoms with Crippen LogP contribution < -0.4 is 9.30 Å². The quantitative estimate of drug-likeness (QED) is 0.118. The molecule has 0 aliphatic heterocycles. The Bertz CT molecular complexity index is 3400. The maximum absolute atomic E-state index is 8.62. The van der Waals surface area contributed by atoms with E-state index in [0.29, 0.717) is 28.4 Å². The van der Waals surface area contributed by atoms with Crippen molar-refractivity contribution in [2.75, 3.05) is 0 Å². The monoisotopic (exact) mass is 886 g/mol. The van der Waals surface area contributed by atoms with Crippen LogP contribution in [-0.4, -0.2) is 14.1 Å². The normalized spacial score (nSPS) is 13.5. The van der Waals surface area contributed by atoms with E-state index in [-0.39, 0.29) is 21.7 Å². The van der Waals surface area contributed by atoms with Gasteiger partial charge in [-0.2, -0.15) is 0 Å². The Hall–Kier alpha value is -6.72. The summed E-state index contributed by atoms with van der Waals surface area (Å²) < 4.78 is 39.3. The zero-order valence-corrected chi connectivity index (χ0v) is 41.6. The highest BCUT2D eigenvalue weighted by Crippen LogP contribution is 2.39. The average molecular weight is 886 g/mol. The number of rotatable bonds is 7. The zero-order valence-electron chi connectivity index (χ0n) is 44.6. The molecule has 0 saturated carbocycles. The molecule has 3 heterocycles. The molecule has 0 amide bonds. The van der Waals surface area contributed by atoms with E-state index in [1.807, 2.05) is 37.3 Å². The summed E-state index contributed by atoms with van der Waals surface area (Å²) in [7, 11) is 0. The molecule has 6 aromatic carbocycles. The Labute approximate surface area is 403 Å². The van der Waals surface area contributed by atoms with Gasteiger partial charge in [-0.15, -0.1) is 0 Å². The second-order valence-electron chi connectivity index (χ2n) is 22.4. The number of aromatic nitrogens is 4. The molecular formula is C62H66N4O. The van der Waals surface area contributed by atoms with Gasteiger partial charge in [0.25, 0.3) is 6.33 Å². The van der Waals surface area contributed by atoms with Gasteiger partial charge in [0.2, 0.25) is 0 Å². The summed E-state index contributed by atoms with van der Waals surface area (Å²) in [4.78, 5) is 4.94. The lowest BCUT2D eigenvalue weighted by molar-refractivity contribution is -0.588.